The fourth-order valence-electron chi connectivity index (χ4n) is 1.05. The van der Waals surface area contributed by atoms with Crippen LogP contribution in [0.5, 0.6) is 0 Å². The maximum absolute atomic E-state index is 11.7. The molecule has 0 saturated carbocycles. The zero-order valence-corrected chi connectivity index (χ0v) is 9.92. The van der Waals surface area contributed by atoms with Crippen LogP contribution in [0.4, 0.5) is 0 Å². The molecule has 0 aliphatic rings. The molecule has 15 heavy (non-hydrogen) atoms. The van der Waals surface area contributed by atoms with Gasteiger partial charge in [-0.1, -0.05) is 6.08 Å². The first-order chi connectivity index (χ1) is 6.90. The van der Waals surface area contributed by atoms with Gasteiger partial charge in [-0.25, -0.2) is 0 Å². The highest BCUT2D eigenvalue weighted by atomic mass is 16.3. The molecular weight excluding hydrogens is 192 g/mol. The molecular formula is C11H22N2O2. The van der Waals surface area contributed by atoms with E-state index in [9.17, 15) is 4.79 Å². The average molecular weight is 214 g/mol. The predicted molar refractivity (Wildman–Crippen MR) is 61.6 cm³/mol. The van der Waals surface area contributed by atoms with E-state index in [0.717, 1.165) is 0 Å². The quantitative estimate of drug-likeness (QED) is 0.629. The standard InChI is InChI=1S/C11H22N2O2/c1-5-6-13(7-8-14)10(15)9-12-11(2,3)4/h5,12,14H,1,6-9H2,2-4H3. The molecule has 88 valence electrons. The lowest BCUT2D eigenvalue weighted by Gasteiger charge is -2.24. The number of carbonyl (C=O) groups is 1. The molecule has 0 saturated heterocycles. The molecule has 0 aromatic heterocycles. The van der Waals surface area contributed by atoms with E-state index in [4.69, 9.17) is 5.11 Å². The van der Waals surface area contributed by atoms with Gasteiger partial charge in [-0.2, -0.15) is 0 Å². The van der Waals surface area contributed by atoms with E-state index in [1.807, 2.05) is 20.8 Å². The first-order valence-electron chi connectivity index (χ1n) is 5.15. The number of hydrogen-bond donors (Lipinski definition) is 2. The Bertz CT molecular complexity index is 209. The molecule has 2 N–H and O–H groups in total. The zero-order chi connectivity index (χ0) is 11.9. The van der Waals surface area contributed by atoms with Gasteiger partial charge in [-0.05, 0) is 20.8 Å². The van der Waals surface area contributed by atoms with Crippen LogP contribution in [0.15, 0.2) is 12.7 Å². The molecule has 0 atom stereocenters. The van der Waals surface area contributed by atoms with E-state index in [-0.39, 0.29) is 24.6 Å². The molecule has 0 unspecified atom stereocenters. The number of aliphatic hydroxyl groups is 1. The zero-order valence-electron chi connectivity index (χ0n) is 9.92. The summed E-state index contributed by atoms with van der Waals surface area (Å²) in [4.78, 5) is 13.2. The van der Waals surface area contributed by atoms with E-state index in [0.29, 0.717) is 13.1 Å². The van der Waals surface area contributed by atoms with Gasteiger partial charge in [0.1, 0.15) is 0 Å². The minimum Gasteiger partial charge on any atom is -0.395 e. The Labute approximate surface area is 92.0 Å². The first kappa shape index (κ1) is 14.1. The van der Waals surface area contributed by atoms with Gasteiger partial charge in [0.15, 0.2) is 0 Å². The van der Waals surface area contributed by atoms with E-state index < -0.39 is 0 Å². The lowest BCUT2D eigenvalue weighted by Crippen LogP contribution is -2.45. The Morgan fingerprint density at radius 2 is 2.13 bits per heavy atom. The summed E-state index contributed by atoms with van der Waals surface area (Å²) in [5.74, 6) is -0.0149. The average Bonchev–Trinajstić information content (AvgIpc) is 2.13. The van der Waals surface area contributed by atoms with Crippen molar-refractivity contribution in [1.82, 2.24) is 10.2 Å². The topological polar surface area (TPSA) is 52.6 Å². The summed E-state index contributed by atoms with van der Waals surface area (Å²) in [6, 6.07) is 0. The summed E-state index contributed by atoms with van der Waals surface area (Å²) in [6.45, 7) is 10.7. The molecule has 0 aliphatic carbocycles. The minimum atomic E-state index is -0.0747. The summed E-state index contributed by atoms with van der Waals surface area (Å²) in [6.07, 6.45) is 1.66. The highest BCUT2D eigenvalue weighted by molar-refractivity contribution is 5.78. The molecule has 1 amide bonds. The minimum absolute atomic E-state index is 0.0149. The van der Waals surface area contributed by atoms with Crippen LogP contribution >= 0.6 is 0 Å². The van der Waals surface area contributed by atoms with Crippen molar-refractivity contribution in [3.8, 4) is 0 Å². The van der Waals surface area contributed by atoms with Gasteiger partial charge in [0, 0.05) is 18.6 Å². The van der Waals surface area contributed by atoms with Crippen LogP contribution in [-0.4, -0.2) is 47.7 Å². The third-order valence-corrected chi connectivity index (χ3v) is 1.84. The second-order valence-electron chi connectivity index (χ2n) is 4.46. The number of rotatable bonds is 6. The maximum Gasteiger partial charge on any atom is 0.236 e. The van der Waals surface area contributed by atoms with Crippen molar-refractivity contribution in [2.45, 2.75) is 26.3 Å². The van der Waals surface area contributed by atoms with Crippen molar-refractivity contribution in [3.63, 3.8) is 0 Å². The number of aliphatic hydroxyl groups excluding tert-OH is 1. The summed E-state index contributed by atoms with van der Waals surface area (Å²) in [5.41, 5.74) is -0.0747. The van der Waals surface area contributed by atoms with Gasteiger partial charge in [0.05, 0.1) is 13.2 Å². The Morgan fingerprint density at radius 3 is 2.53 bits per heavy atom. The lowest BCUT2D eigenvalue weighted by atomic mass is 10.1. The summed E-state index contributed by atoms with van der Waals surface area (Å²) >= 11 is 0. The molecule has 0 aliphatic heterocycles. The van der Waals surface area contributed by atoms with Crippen molar-refractivity contribution < 1.29 is 9.90 Å². The van der Waals surface area contributed by atoms with Crippen molar-refractivity contribution in [3.05, 3.63) is 12.7 Å². The van der Waals surface area contributed by atoms with Crippen LogP contribution < -0.4 is 5.32 Å². The molecule has 0 rings (SSSR count). The molecule has 0 heterocycles. The third kappa shape index (κ3) is 7.11. The number of hydrogen-bond acceptors (Lipinski definition) is 3. The van der Waals surface area contributed by atoms with Crippen molar-refractivity contribution in [2.75, 3.05) is 26.2 Å². The number of nitrogens with zero attached hydrogens (tertiary/aromatic N) is 1. The molecule has 0 radical (unpaired) electrons. The van der Waals surface area contributed by atoms with Gasteiger partial charge >= 0.3 is 0 Å². The van der Waals surface area contributed by atoms with Crippen LogP contribution in [0, 0.1) is 0 Å². The Balaban J connectivity index is 4.07. The number of carbonyl (C=O) groups excluding carboxylic acids is 1. The smallest absolute Gasteiger partial charge is 0.236 e. The third-order valence-electron chi connectivity index (χ3n) is 1.84. The molecule has 4 nitrogen and oxygen atoms in total. The van der Waals surface area contributed by atoms with E-state index in [1.54, 1.807) is 11.0 Å². The van der Waals surface area contributed by atoms with Crippen LogP contribution in [-0.2, 0) is 4.79 Å². The number of amides is 1. The van der Waals surface area contributed by atoms with Crippen molar-refractivity contribution in [2.24, 2.45) is 0 Å². The second-order valence-corrected chi connectivity index (χ2v) is 4.46. The molecule has 4 heteroatoms. The van der Waals surface area contributed by atoms with Gasteiger partial charge in [-0.3, -0.25) is 4.79 Å². The van der Waals surface area contributed by atoms with E-state index in [2.05, 4.69) is 11.9 Å². The van der Waals surface area contributed by atoms with Crippen LogP contribution in [0.25, 0.3) is 0 Å². The normalized spacial score (nSPS) is 11.2. The van der Waals surface area contributed by atoms with Crippen LogP contribution in [0.2, 0.25) is 0 Å². The van der Waals surface area contributed by atoms with Gasteiger partial charge in [-0.15, -0.1) is 6.58 Å². The lowest BCUT2D eigenvalue weighted by molar-refractivity contribution is -0.130. The molecule has 0 aromatic rings. The molecule has 0 spiro atoms. The van der Waals surface area contributed by atoms with Gasteiger partial charge in [0.25, 0.3) is 0 Å². The largest absolute Gasteiger partial charge is 0.395 e. The van der Waals surface area contributed by atoms with E-state index >= 15 is 0 Å². The Morgan fingerprint density at radius 1 is 1.53 bits per heavy atom. The number of nitrogens with one attached hydrogen (secondary N) is 1. The Hall–Kier alpha value is -0.870. The second kappa shape index (κ2) is 6.58. The summed E-state index contributed by atoms with van der Waals surface area (Å²) in [5, 5.41) is 11.9. The van der Waals surface area contributed by atoms with E-state index in [1.165, 1.54) is 0 Å². The molecule has 0 bridgehead atoms. The van der Waals surface area contributed by atoms with Crippen molar-refractivity contribution >= 4 is 5.91 Å². The first-order valence-corrected chi connectivity index (χ1v) is 5.15. The maximum atomic E-state index is 11.7. The molecule has 0 aromatic carbocycles. The van der Waals surface area contributed by atoms with Crippen LogP contribution in [0.3, 0.4) is 0 Å². The summed E-state index contributed by atoms with van der Waals surface area (Å²) < 4.78 is 0. The van der Waals surface area contributed by atoms with Crippen LogP contribution in [0.1, 0.15) is 20.8 Å². The SMILES string of the molecule is C=CCN(CCO)C(=O)CNC(C)(C)C. The van der Waals surface area contributed by atoms with Gasteiger partial charge in [0.2, 0.25) is 5.91 Å². The fraction of sp³-hybridized carbons (Fsp3) is 0.727. The summed E-state index contributed by atoms with van der Waals surface area (Å²) in [7, 11) is 0. The molecule has 0 fully saturated rings. The van der Waals surface area contributed by atoms with Gasteiger partial charge < -0.3 is 15.3 Å². The Kier molecular flexibility index (Phi) is 6.20. The highest BCUT2D eigenvalue weighted by Gasteiger charge is 2.15. The highest BCUT2D eigenvalue weighted by Crippen LogP contribution is 1.98. The predicted octanol–water partition coefficient (Wildman–Crippen LogP) is 0.381. The fourth-order valence-corrected chi connectivity index (χ4v) is 1.05. The van der Waals surface area contributed by atoms with Crippen molar-refractivity contribution in [1.29, 1.82) is 0 Å². The monoisotopic (exact) mass is 214 g/mol.